The van der Waals surface area contributed by atoms with E-state index in [-0.39, 0.29) is 11.7 Å². The summed E-state index contributed by atoms with van der Waals surface area (Å²) in [6.45, 7) is 4.03. The van der Waals surface area contributed by atoms with Crippen LogP contribution >= 0.6 is 27.5 Å². The van der Waals surface area contributed by atoms with Gasteiger partial charge >= 0.3 is 0 Å². The zero-order valence-electron chi connectivity index (χ0n) is 14.3. The normalized spacial score (nSPS) is 11.0. The van der Waals surface area contributed by atoms with Crippen molar-refractivity contribution >= 4 is 39.1 Å². The number of aryl methyl sites for hydroxylation is 2. The minimum atomic E-state index is -0.387. The summed E-state index contributed by atoms with van der Waals surface area (Å²) < 4.78 is 17.0. The van der Waals surface area contributed by atoms with Gasteiger partial charge in [0.1, 0.15) is 11.5 Å². The summed E-state index contributed by atoms with van der Waals surface area (Å²) in [5.41, 5.74) is 3.23. The zero-order chi connectivity index (χ0) is 19.0. The number of carbonyl (C=O) groups is 1. The predicted molar refractivity (Wildman–Crippen MR) is 101 cm³/mol. The molecule has 0 aliphatic rings. The van der Waals surface area contributed by atoms with Gasteiger partial charge in [-0.2, -0.15) is 10.2 Å². The smallest absolute Gasteiger partial charge is 0.275 e. The van der Waals surface area contributed by atoms with Gasteiger partial charge < -0.3 is 5.32 Å². The highest BCUT2D eigenvalue weighted by Crippen LogP contribution is 2.25. The predicted octanol–water partition coefficient (Wildman–Crippen LogP) is 4.09. The summed E-state index contributed by atoms with van der Waals surface area (Å²) in [5, 5.41) is 11.7. The molecule has 0 saturated heterocycles. The molecule has 0 atom stereocenters. The van der Waals surface area contributed by atoms with E-state index in [1.165, 1.54) is 16.8 Å². The van der Waals surface area contributed by atoms with E-state index in [0.717, 1.165) is 11.3 Å². The fourth-order valence-corrected chi connectivity index (χ4v) is 3.44. The third kappa shape index (κ3) is 3.52. The first kappa shape index (κ1) is 18.6. The third-order valence-corrected chi connectivity index (χ3v) is 5.00. The maximum absolute atomic E-state index is 13.2. The summed E-state index contributed by atoms with van der Waals surface area (Å²) in [6.07, 6.45) is 1.56. The van der Waals surface area contributed by atoms with Crippen LogP contribution in [-0.2, 0) is 13.6 Å². The topological polar surface area (TPSA) is 64.7 Å². The Balaban J connectivity index is 1.87. The molecule has 1 aromatic carbocycles. The van der Waals surface area contributed by atoms with Gasteiger partial charge in [-0.25, -0.2) is 4.39 Å². The lowest BCUT2D eigenvalue weighted by molar-refractivity contribution is 0.101. The molecule has 0 saturated carbocycles. The number of hydrogen-bond donors (Lipinski definition) is 1. The quantitative estimate of drug-likeness (QED) is 0.664. The monoisotopic (exact) mass is 439 g/mol. The van der Waals surface area contributed by atoms with Crippen LogP contribution in [0, 0.1) is 19.7 Å². The highest BCUT2D eigenvalue weighted by atomic mass is 79.9. The third-order valence-electron chi connectivity index (χ3n) is 4.06. The van der Waals surface area contributed by atoms with E-state index in [4.69, 9.17) is 11.6 Å². The Labute approximate surface area is 163 Å². The standard InChI is InChI=1S/C17H16BrClFN5O/c1-9-15(22-17(26)16-13(18)7-21-24(16)3)10(2)25(23-9)8-11-4-5-12(20)6-14(11)19/h4-7H,8H2,1-3H3,(H,22,26). The van der Waals surface area contributed by atoms with Gasteiger partial charge in [-0.1, -0.05) is 17.7 Å². The van der Waals surface area contributed by atoms with Crippen molar-refractivity contribution in [2.45, 2.75) is 20.4 Å². The summed E-state index contributed by atoms with van der Waals surface area (Å²) >= 11 is 9.42. The van der Waals surface area contributed by atoms with E-state index in [9.17, 15) is 9.18 Å². The second-order valence-electron chi connectivity index (χ2n) is 5.86. The Morgan fingerprint density at radius 1 is 1.38 bits per heavy atom. The van der Waals surface area contributed by atoms with Crippen molar-refractivity contribution in [3.05, 3.63) is 62.4 Å². The van der Waals surface area contributed by atoms with Gasteiger partial charge in [0, 0.05) is 12.1 Å². The average molecular weight is 441 g/mol. The molecule has 0 unspecified atom stereocenters. The number of benzene rings is 1. The molecule has 0 spiro atoms. The van der Waals surface area contributed by atoms with E-state index in [1.807, 2.05) is 13.8 Å². The summed E-state index contributed by atoms with van der Waals surface area (Å²) in [5.74, 6) is -0.677. The van der Waals surface area contributed by atoms with Crippen LogP contribution in [0.5, 0.6) is 0 Å². The van der Waals surface area contributed by atoms with Crippen LogP contribution in [0.2, 0.25) is 5.02 Å². The molecule has 0 aliphatic carbocycles. The minimum Gasteiger partial charge on any atom is -0.317 e. The van der Waals surface area contributed by atoms with Crippen molar-refractivity contribution in [3.63, 3.8) is 0 Å². The maximum atomic E-state index is 13.2. The molecule has 26 heavy (non-hydrogen) atoms. The van der Waals surface area contributed by atoms with E-state index in [1.54, 1.807) is 24.0 Å². The second-order valence-corrected chi connectivity index (χ2v) is 7.12. The molecule has 1 amide bonds. The molecule has 6 nitrogen and oxygen atoms in total. The second kappa shape index (κ2) is 7.20. The van der Waals surface area contributed by atoms with Gasteiger partial charge in [-0.3, -0.25) is 14.2 Å². The number of halogens is 3. The zero-order valence-corrected chi connectivity index (χ0v) is 16.7. The Kier molecular flexibility index (Phi) is 5.15. The number of carbonyl (C=O) groups excluding carboxylic acids is 1. The largest absolute Gasteiger partial charge is 0.317 e. The fraction of sp³-hybridized carbons (Fsp3) is 0.235. The lowest BCUT2D eigenvalue weighted by Gasteiger charge is -2.09. The number of rotatable bonds is 4. The molecule has 2 aromatic heterocycles. The SMILES string of the molecule is Cc1nn(Cc2ccc(F)cc2Cl)c(C)c1NC(=O)c1c(Br)cnn1C. The highest BCUT2D eigenvalue weighted by Gasteiger charge is 2.20. The minimum absolute atomic E-state index is 0.289. The Morgan fingerprint density at radius 2 is 2.12 bits per heavy atom. The van der Waals surface area contributed by atoms with Crippen molar-refractivity contribution in [1.82, 2.24) is 19.6 Å². The number of hydrogen-bond acceptors (Lipinski definition) is 3. The first-order valence-corrected chi connectivity index (χ1v) is 8.91. The van der Waals surface area contributed by atoms with Crippen molar-refractivity contribution in [2.24, 2.45) is 7.05 Å². The summed E-state index contributed by atoms with van der Waals surface area (Å²) in [4.78, 5) is 12.6. The maximum Gasteiger partial charge on any atom is 0.275 e. The van der Waals surface area contributed by atoms with E-state index in [0.29, 0.717) is 33.1 Å². The Hall–Kier alpha value is -2.19. The van der Waals surface area contributed by atoms with Crippen molar-refractivity contribution < 1.29 is 9.18 Å². The van der Waals surface area contributed by atoms with Gasteiger partial charge in [0.05, 0.1) is 34.3 Å². The summed E-state index contributed by atoms with van der Waals surface area (Å²) in [6, 6.07) is 4.25. The van der Waals surface area contributed by atoms with E-state index < -0.39 is 0 Å². The Bertz CT molecular complexity index is 978. The number of anilines is 1. The van der Waals surface area contributed by atoms with Crippen LogP contribution in [0.1, 0.15) is 27.4 Å². The van der Waals surface area contributed by atoms with Gasteiger partial charge in [0.2, 0.25) is 0 Å². The number of aromatic nitrogens is 4. The lowest BCUT2D eigenvalue weighted by atomic mass is 10.2. The van der Waals surface area contributed by atoms with Gasteiger partial charge in [0.25, 0.3) is 5.91 Å². The molecule has 0 bridgehead atoms. The first-order chi connectivity index (χ1) is 12.3. The molecule has 2 heterocycles. The highest BCUT2D eigenvalue weighted by molar-refractivity contribution is 9.10. The number of nitrogens with zero attached hydrogens (tertiary/aromatic N) is 4. The Morgan fingerprint density at radius 3 is 2.73 bits per heavy atom. The van der Waals surface area contributed by atoms with Crippen molar-refractivity contribution in [2.75, 3.05) is 5.32 Å². The molecular formula is C17H16BrClFN5O. The van der Waals surface area contributed by atoms with Crippen LogP contribution in [0.3, 0.4) is 0 Å². The number of amides is 1. The van der Waals surface area contributed by atoms with Crippen LogP contribution in [0.15, 0.2) is 28.9 Å². The molecule has 0 radical (unpaired) electrons. The molecule has 9 heteroatoms. The first-order valence-electron chi connectivity index (χ1n) is 7.74. The number of nitrogens with one attached hydrogen (secondary N) is 1. The van der Waals surface area contributed by atoms with Gasteiger partial charge in [-0.05, 0) is 47.5 Å². The molecule has 1 N–H and O–H groups in total. The van der Waals surface area contributed by atoms with Crippen LogP contribution in [-0.4, -0.2) is 25.5 Å². The van der Waals surface area contributed by atoms with Crippen molar-refractivity contribution in [1.29, 1.82) is 0 Å². The molecule has 3 aromatic rings. The lowest BCUT2D eigenvalue weighted by Crippen LogP contribution is -2.17. The van der Waals surface area contributed by atoms with Crippen LogP contribution in [0.25, 0.3) is 0 Å². The summed E-state index contributed by atoms with van der Waals surface area (Å²) in [7, 11) is 1.69. The van der Waals surface area contributed by atoms with E-state index in [2.05, 4.69) is 31.4 Å². The van der Waals surface area contributed by atoms with Crippen LogP contribution < -0.4 is 5.32 Å². The molecule has 3 rings (SSSR count). The van der Waals surface area contributed by atoms with Crippen molar-refractivity contribution in [3.8, 4) is 0 Å². The molecule has 136 valence electrons. The van der Waals surface area contributed by atoms with E-state index >= 15 is 0 Å². The fourth-order valence-electron chi connectivity index (χ4n) is 2.68. The molecular weight excluding hydrogens is 425 g/mol. The van der Waals surface area contributed by atoms with Gasteiger partial charge in [0.15, 0.2) is 0 Å². The van der Waals surface area contributed by atoms with Gasteiger partial charge in [-0.15, -0.1) is 0 Å². The van der Waals surface area contributed by atoms with Crippen LogP contribution in [0.4, 0.5) is 10.1 Å². The molecule has 0 aliphatic heterocycles. The molecule has 0 fully saturated rings. The average Bonchev–Trinajstić information content (AvgIpc) is 3.03.